The second-order valence-electron chi connectivity index (χ2n) is 8.81. The van der Waals surface area contributed by atoms with Crippen molar-refractivity contribution in [1.82, 2.24) is 10.2 Å². The Morgan fingerprint density at radius 3 is 2.22 bits per heavy atom. The molecule has 196 valence electrons. The van der Waals surface area contributed by atoms with Crippen molar-refractivity contribution in [3.63, 3.8) is 0 Å². The zero-order valence-corrected chi connectivity index (χ0v) is 22.8. The molecule has 3 aromatic carbocycles. The number of likely N-dealkylation sites (N-methyl/N-ethyl adjacent to an activating group) is 1. The minimum Gasteiger partial charge on any atom is -0.355 e. The first-order valence-corrected chi connectivity index (χ1v) is 14.2. The molecule has 0 bridgehead atoms. The number of halogens is 1. The molecule has 0 aromatic heterocycles. The Balaban J connectivity index is 2.05. The lowest BCUT2D eigenvalue weighted by Crippen LogP contribution is -2.53. The quantitative estimate of drug-likeness (QED) is 0.394. The van der Waals surface area contributed by atoms with Crippen molar-refractivity contribution in [3.05, 3.63) is 101 Å². The van der Waals surface area contributed by atoms with Crippen LogP contribution in [0.4, 0.5) is 5.69 Å². The summed E-state index contributed by atoms with van der Waals surface area (Å²) in [6.07, 6.45) is 1.33. The molecule has 0 fully saturated rings. The van der Waals surface area contributed by atoms with Crippen LogP contribution in [0.15, 0.2) is 78.9 Å². The summed E-state index contributed by atoms with van der Waals surface area (Å²) in [5.74, 6) is -0.815. The van der Waals surface area contributed by atoms with Gasteiger partial charge in [0.2, 0.25) is 21.8 Å². The first-order valence-electron chi connectivity index (χ1n) is 12.0. The molecule has 1 N–H and O–H groups in total. The van der Waals surface area contributed by atoms with Crippen molar-refractivity contribution in [2.75, 3.05) is 23.7 Å². The lowest BCUT2D eigenvalue weighted by Gasteiger charge is -2.33. The van der Waals surface area contributed by atoms with E-state index in [0.717, 1.165) is 21.7 Å². The van der Waals surface area contributed by atoms with Crippen LogP contribution < -0.4 is 9.62 Å². The molecule has 0 heterocycles. The molecule has 1 unspecified atom stereocenters. The van der Waals surface area contributed by atoms with Gasteiger partial charge in [-0.2, -0.15) is 0 Å². The van der Waals surface area contributed by atoms with E-state index in [9.17, 15) is 18.0 Å². The Labute approximate surface area is 224 Å². The number of benzene rings is 3. The fourth-order valence-corrected chi connectivity index (χ4v) is 5.24. The van der Waals surface area contributed by atoms with Crippen LogP contribution in [0.5, 0.6) is 0 Å². The number of amides is 2. The smallest absolute Gasteiger partial charge is 0.244 e. The van der Waals surface area contributed by atoms with Gasteiger partial charge in [-0.15, -0.1) is 0 Å². The summed E-state index contributed by atoms with van der Waals surface area (Å²) in [6.45, 7) is 3.62. The molecule has 3 aromatic rings. The maximum absolute atomic E-state index is 13.9. The highest BCUT2D eigenvalue weighted by atomic mass is 35.5. The molecular weight excluding hydrogens is 510 g/mol. The maximum atomic E-state index is 13.9. The third-order valence-electron chi connectivity index (χ3n) is 5.93. The van der Waals surface area contributed by atoms with Crippen LogP contribution in [0.2, 0.25) is 5.02 Å². The monoisotopic (exact) mass is 541 g/mol. The predicted octanol–water partition coefficient (Wildman–Crippen LogP) is 4.19. The first-order chi connectivity index (χ1) is 17.6. The number of carbonyl (C=O) groups excluding carboxylic acids is 2. The average molecular weight is 542 g/mol. The highest BCUT2D eigenvalue weighted by molar-refractivity contribution is 7.92. The van der Waals surface area contributed by atoms with Gasteiger partial charge in [0.15, 0.2) is 0 Å². The fourth-order valence-electron chi connectivity index (χ4n) is 4.12. The molecule has 0 spiro atoms. The summed E-state index contributed by atoms with van der Waals surface area (Å²) in [4.78, 5) is 28.7. The van der Waals surface area contributed by atoms with Crippen LogP contribution in [-0.4, -0.2) is 50.5 Å². The van der Waals surface area contributed by atoms with E-state index in [1.165, 1.54) is 4.90 Å². The van der Waals surface area contributed by atoms with Crippen LogP contribution >= 0.6 is 11.6 Å². The van der Waals surface area contributed by atoms with Crippen LogP contribution in [-0.2, 0) is 32.6 Å². The van der Waals surface area contributed by atoms with Gasteiger partial charge in [0.25, 0.3) is 0 Å². The molecule has 0 aliphatic heterocycles. The van der Waals surface area contributed by atoms with Crippen molar-refractivity contribution in [2.45, 2.75) is 32.9 Å². The molecule has 2 amide bonds. The van der Waals surface area contributed by atoms with Crippen LogP contribution in [0.3, 0.4) is 0 Å². The lowest BCUT2D eigenvalue weighted by molar-refractivity contribution is -0.140. The third-order valence-corrected chi connectivity index (χ3v) is 7.29. The maximum Gasteiger partial charge on any atom is 0.244 e. The number of sulfonamides is 1. The summed E-state index contributed by atoms with van der Waals surface area (Å²) in [5, 5.41) is 3.33. The molecule has 0 aliphatic rings. The van der Waals surface area contributed by atoms with E-state index < -0.39 is 28.5 Å². The van der Waals surface area contributed by atoms with Gasteiger partial charge in [-0.1, -0.05) is 72.3 Å². The zero-order chi connectivity index (χ0) is 27.0. The van der Waals surface area contributed by atoms with Crippen LogP contribution in [0, 0.1) is 6.92 Å². The number of hydrogen-bond donors (Lipinski definition) is 1. The Morgan fingerprint density at radius 1 is 0.946 bits per heavy atom. The molecule has 3 rings (SSSR count). The largest absolute Gasteiger partial charge is 0.355 e. The number of hydrogen-bond acceptors (Lipinski definition) is 4. The molecule has 37 heavy (non-hydrogen) atoms. The minimum absolute atomic E-state index is 0.0827. The Bertz CT molecular complexity index is 1330. The van der Waals surface area contributed by atoms with Crippen LogP contribution in [0.1, 0.15) is 23.6 Å². The van der Waals surface area contributed by atoms with Gasteiger partial charge in [0.1, 0.15) is 12.6 Å². The van der Waals surface area contributed by atoms with Gasteiger partial charge in [0, 0.05) is 24.5 Å². The predicted molar refractivity (Wildman–Crippen MR) is 148 cm³/mol. The molecule has 1 atom stereocenters. The van der Waals surface area contributed by atoms with Gasteiger partial charge in [-0.3, -0.25) is 13.9 Å². The molecular formula is C28H32ClN3O4S. The van der Waals surface area contributed by atoms with E-state index in [4.69, 9.17) is 11.6 Å². The van der Waals surface area contributed by atoms with E-state index in [0.29, 0.717) is 22.8 Å². The second-order valence-corrected chi connectivity index (χ2v) is 11.2. The SMILES string of the molecule is CCNC(=O)C(Cc1ccccc1)N(Cc1cccc(Cl)c1)C(=O)CN(c1ccccc1C)S(C)(=O)=O. The van der Waals surface area contributed by atoms with Crippen molar-refractivity contribution in [1.29, 1.82) is 0 Å². The van der Waals surface area contributed by atoms with E-state index in [1.807, 2.05) is 43.3 Å². The summed E-state index contributed by atoms with van der Waals surface area (Å²) in [6, 6.07) is 22.6. The molecule has 9 heteroatoms. The number of para-hydroxylation sites is 1. The standard InChI is InChI=1S/C28H32ClN3O4S/c1-4-30-28(34)26(18-22-12-6-5-7-13-22)31(19-23-14-10-15-24(29)17-23)27(33)20-32(37(3,35)36)25-16-9-8-11-21(25)2/h5-17,26H,4,18-20H2,1-3H3,(H,30,34). The summed E-state index contributed by atoms with van der Waals surface area (Å²) >= 11 is 6.20. The van der Waals surface area contributed by atoms with Gasteiger partial charge >= 0.3 is 0 Å². The summed E-state index contributed by atoms with van der Waals surface area (Å²) in [5.41, 5.74) is 2.73. The Morgan fingerprint density at radius 2 is 1.59 bits per heavy atom. The molecule has 0 aliphatic carbocycles. The Hall–Kier alpha value is -3.36. The van der Waals surface area contributed by atoms with E-state index in [-0.39, 0.29) is 18.9 Å². The first kappa shape index (κ1) is 28.2. The van der Waals surface area contributed by atoms with E-state index in [2.05, 4.69) is 5.32 Å². The summed E-state index contributed by atoms with van der Waals surface area (Å²) in [7, 11) is -3.80. The van der Waals surface area contributed by atoms with E-state index >= 15 is 0 Å². The number of rotatable bonds is 11. The van der Waals surface area contributed by atoms with Gasteiger partial charge < -0.3 is 10.2 Å². The zero-order valence-electron chi connectivity index (χ0n) is 21.2. The highest BCUT2D eigenvalue weighted by Crippen LogP contribution is 2.24. The fraction of sp³-hybridized carbons (Fsp3) is 0.286. The number of nitrogens with one attached hydrogen (secondary N) is 1. The van der Waals surface area contributed by atoms with Crippen molar-refractivity contribution < 1.29 is 18.0 Å². The Kier molecular flexibility index (Phi) is 9.72. The van der Waals surface area contributed by atoms with Crippen LogP contribution in [0.25, 0.3) is 0 Å². The molecule has 0 saturated carbocycles. The van der Waals surface area contributed by atoms with Crippen molar-refractivity contribution in [2.24, 2.45) is 0 Å². The topological polar surface area (TPSA) is 86.8 Å². The average Bonchev–Trinajstić information content (AvgIpc) is 2.85. The molecule has 7 nitrogen and oxygen atoms in total. The highest BCUT2D eigenvalue weighted by Gasteiger charge is 2.33. The molecule has 0 radical (unpaired) electrons. The number of aryl methyl sites for hydroxylation is 1. The molecule has 0 saturated heterocycles. The number of carbonyl (C=O) groups is 2. The lowest BCUT2D eigenvalue weighted by atomic mass is 10.0. The second kappa shape index (κ2) is 12.7. The number of nitrogens with zero attached hydrogens (tertiary/aromatic N) is 2. The van der Waals surface area contributed by atoms with Gasteiger partial charge in [-0.05, 0) is 48.7 Å². The van der Waals surface area contributed by atoms with Crippen molar-refractivity contribution >= 4 is 39.1 Å². The minimum atomic E-state index is -3.80. The van der Waals surface area contributed by atoms with E-state index in [1.54, 1.807) is 49.4 Å². The normalized spacial score (nSPS) is 12.0. The third kappa shape index (κ3) is 7.81. The summed E-state index contributed by atoms with van der Waals surface area (Å²) < 4.78 is 26.7. The van der Waals surface area contributed by atoms with Crippen molar-refractivity contribution in [3.8, 4) is 0 Å². The van der Waals surface area contributed by atoms with Gasteiger partial charge in [-0.25, -0.2) is 8.42 Å². The van der Waals surface area contributed by atoms with Gasteiger partial charge in [0.05, 0.1) is 11.9 Å². The number of anilines is 1.